The second kappa shape index (κ2) is 56.4. The predicted molar refractivity (Wildman–Crippen MR) is 67.3 cm³/mol. The summed E-state index contributed by atoms with van der Waals surface area (Å²) < 4.78 is 0. The standard InChI is InChI=1S/C6H12.CH2O3.8H2O/c1-2-4-6-5-3-1;2-1(3)4;;;;;;;;/h1-6H2;(H2,2,3,4);8*1H2. The Balaban J connectivity index is -0.00000000918. The second-order valence-corrected chi connectivity index (χ2v) is 2.40. The smallest absolute Gasteiger partial charge is 0.450 e. The summed E-state index contributed by atoms with van der Waals surface area (Å²) in [6, 6.07) is 0. The molecule has 0 heterocycles. The van der Waals surface area contributed by atoms with Gasteiger partial charge in [-0.15, -0.1) is 0 Å². The van der Waals surface area contributed by atoms with Crippen molar-refractivity contribution < 1.29 is 58.8 Å². The predicted octanol–water partition coefficient (Wildman–Crippen LogP) is -4.03. The molecule has 0 aliphatic heterocycles. The van der Waals surface area contributed by atoms with Gasteiger partial charge in [-0.05, 0) is 0 Å². The average Bonchev–Trinajstić information content (AvgIpc) is 1.90. The van der Waals surface area contributed by atoms with E-state index in [2.05, 4.69) is 0 Å². The molecule has 1 rings (SSSR count). The van der Waals surface area contributed by atoms with Crippen LogP contribution in [0.15, 0.2) is 0 Å². The first-order valence-corrected chi connectivity index (χ1v) is 3.65. The molecule has 0 bridgehead atoms. The highest BCUT2D eigenvalue weighted by Crippen LogP contribution is 2.15. The molecule has 18 N–H and O–H groups in total. The molecule has 1 aliphatic carbocycles. The van der Waals surface area contributed by atoms with Crippen molar-refractivity contribution in [3.63, 3.8) is 0 Å². The molecule has 0 amide bonds. The summed E-state index contributed by atoms with van der Waals surface area (Å²) >= 11 is 0. The van der Waals surface area contributed by atoms with E-state index in [-0.39, 0.29) is 43.8 Å². The molecule has 11 nitrogen and oxygen atoms in total. The van der Waals surface area contributed by atoms with Crippen LogP contribution in [0.1, 0.15) is 38.5 Å². The lowest BCUT2D eigenvalue weighted by atomic mass is 10.0. The number of carbonyl (C=O) groups is 1. The number of carboxylic acid groups (broad SMARTS) is 2. The minimum Gasteiger partial charge on any atom is -0.450 e. The van der Waals surface area contributed by atoms with Crippen molar-refractivity contribution in [3.8, 4) is 0 Å². The van der Waals surface area contributed by atoms with E-state index in [1.54, 1.807) is 0 Å². The van der Waals surface area contributed by atoms with Crippen LogP contribution in [0.25, 0.3) is 0 Å². The fourth-order valence-corrected chi connectivity index (χ4v) is 1.06. The van der Waals surface area contributed by atoms with E-state index < -0.39 is 6.16 Å². The van der Waals surface area contributed by atoms with Crippen molar-refractivity contribution in [2.45, 2.75) is 38.5 Å². The molecule has 0 unspecified atom stereocenters. The highest BCUT2D eigenvalue weighted by atomic mass is 16.6. The van der Waals surface area contributed by atoms with Crippen LogP contribution >= 0.6 is 0 Å². The van der Waals surface area contributed by atoms with Crippen molar-refractivity contribution in [2.24, 2.45) is 0 Å². The van der Waals surface area contributed by atoms with Gasteiger partial charge in [0, 0.05) is 0 Å². The van der Waals surface area contributed by atoms with E-state index in [1.807, 2.05) is 0 Å². The summed E-state index contributed by atoms with van der Waals surface area (Å²) in [7, 11) is 0. The third-order valence-corrected chi connectivity index (χ3v) is 1.50. The van der Waals surface area contributed by atoms with Crippen molar-refractivity contribution >= 4 is 6.16 Å². The molecular formula is C7H30O11. The molecule has 0 aromatic rings. The Morgan fingerprint density at radius 2 is 0.556 bits per heavy atom. The Kier molecular flexibility index (Phi) is 214. The number of rotatable bonds is 0. The van der Waals surface area contributed by atoms with Gasteiger partial charge in [0.25, 0.3) is 0 Å². The largest absolute Gasteiger partial charge is 0.503 e. The van der Waals surface area contributed by atoms with Crippen molar-refractivity contribution in [1.82, 2.24) is 0 Å². The zero-order valence-corrected chi connectivity index (χ0v) is 10.0. The maximum absolute atomic E-state index is 8.56. The number of hydrogen-bond acceptors (Lipinski definition) is 1. The zero-order valence-electron chi connectivity index (χ0n) is 10.0. The van der Waals surface area contributed by atoms with E-state index in [1.165, 1.54) is 38.5 Å². The van der Waals surface area contributed by atoms with Gasteiger partial charge < -0.3 is 54.0 Å². The topological polar surface area (TPSA) is 310 Å². The van der Waals surface area contributed by atoms with Gasteiger partial charge in [0.1, 0.15) is 0 Å². The molecule has 0 atom stereocenters. The minimum atomic E-state index is -1.83. The van der Waals surface area contributed by atoms with Gasteiger partial charge in [0.2, 0.25) is 0 Å². The molecule has 1 fully saturated rings. The Bertz CT molecular complexity index is 79.9. The average molecular weight is 290 g/mol. The second-order valence-electron chi connectivity index (χ2n) is 2.40. The van der Waals surface area contributed by atoms with Gasteiger partial charge in [-0.25, -0.2) is 4.79 Å². The quantitative estimate of drug-likeness (QED) is 0.450. The summed E-state index contributed by atoms with van der Waals surface area (Å²) in [6.45, 7) is 0. The van der Waals surface area contributed by atoms with Crippen LogP contribution < -0.4 is 0 Å². The molecule has 0 aromatic heterocycles. The van der Waals surface area contributed by atoms with Crippen LogP contribution in [-0.4, -0.2) is 60.2 Å². The Hall–Kier alpha value is -1.05. The summed E-state index contributed by atoms with van der Waals surface area (Å²) in [4.78, 5) is 8.56. The van der Waals surface area contributed by atoms with E-state index in [0.717, 1.165) is 0 Å². The lowest BCUT2D eigenvalue weighted by Crippen LogP contribution is -1.85. The van der Waals surface area contributed by atoms with E-state index in [9.17, 15) is 0 Å². The van der Waals surface area contributed by atoms with Crippen LogP contribution in [0.4, 0.5) is 4.79 Å². The first-order valence-electron chi connectivity index (χ1n) is 3.65. The Morgan fingerprint density at radius 1 is 0.500 bits per heavy atom. The van der Waals surface area contributed by atoms with Gasteiger partial charge in [-0.2, -0.15) is 0 Å². The molecule has 1 aliphatic rings. The molecule has 1 saturated carbocycles. The normalized spacial score (nSPS) is 9.33. The summed E-state index contributed by atoms with van der Waals surface area (Å²) in [5.41, 5.74) is 0. The van der Waals surface area contributed by atoms with Crippen LogP contribution in [0.2, 0.25) is 0 Å². The zero-order chi connectivity index (χ0) is 7.82. The van der Waals surface area contributed by atoms with Crippen LogP contribution in [-0.2, 0) is 0 Å². The van der Waals surface area contributed by atoms with Gasteiger partial charge in [-0.3, -0.25) is 0 Å². The minimum absolute atomic E-state index is 0. The third-order valence-electron chi connectivity index (χ3n) is 1.50. The Morgan fingerprint density at radius 3 is 0.611 bits per heavy atom. The van der Waals surface area contributed by atoms with Crippen molar-refractivity contribution in [2.75, 3.05) is 0 Å². The van der Waals surface area contributed by atoms with E-state index in [0.29, 0.717) is 0 Å². The molecule has 0 radical (unpaired) electrons. The number of hydrogen-bond donors (Lipinski definition) is 2. The highest BCUT2D eigenvalue weighted by molar-refractivity contribution is 5.53. The van der Waals surface area contributed by atoms with Crippen molar-refractivity contribution in [3.05, 3.63) is 0 Å². The maximum atomic E-state index is 8.56. The summed E-state index contributed by atoms with van der Waals surface area (Å²) in [5.74, 6) is 0. The van der Waals surface area contributed by atoms with Gasteiger partial charge in [0.05, 0.1) is 0 Å². The van der Waals surface area contributed by atoms with Crippen LogP contribution in [0.5, 0.6) is 0 Å². The van der Waals surface area contributed by atoms with Crippen molar-refractivity contribution in [1.29, 1.82) is 0 Å². The lowest BCUT2D eigenvalue weighted by molar-refractivity contribution is 0.137. The molecule has 18 heavy (non-hydrogen) atoms. The first kappa shape index (κ1) is 68.2. The summed E-state index contributed by atoms with van der Waals surface area (Å²) in [6.07, 6.45) is 7.17. The van der Waals surface area contributed by atoms with Gasteiger partial charge >= 0.3 is 6.16 Å². The Labute approximate surface area is 105 Å². The highest BCUT2D eigenvalue weighted by Gasteiger charge is 1.95. The SMILES string of the molecule is C1CCCCC1.O.O.O.O.O.O.O.O.O=C(O)O. The fourth-order valence-electron chi connectivity index (χ4n) is 1.06. The fraction of sp³-hybridized carbons (Fsp3) is 0.857. The molecule has 124 valence electrons. The van der Waals surface area contributed by atoms with E-state index in [4.69, 9.17) is 15.0 Å². The first-order chi connectivity index (χ1) is 4.73. The van der Waals surface area contributed by atoms with E-state index >= 15 is 0 Å². The van der Waals surface area contributed by atoms with Gasteiger partial charge in [-0.1, -0.05) is 38.5 Å². The van der Waals surface area contributed by atoms with Crippen LogP contribution in [0, 0.1) is 0 Å². The molecule has 0 saturated heterocycles. The maximum Gasteiger partial charge on any atom is 0.503 e. The monoisotopic (exact) mass is 290 g/mol. The molecule has 0 aromatic carbocycles. The molecular weight excluding hydrogens is 260 g/mol. The molecule has 0 spiro atoms. The van der Waals surface area contributed by atoms with Crippen LogP contribution in [0.3, 0.4) is 0 Å². The third kappa shape index (κ3) is 119. The summed E-state index contributed by atoms with van der Waals surface area (Å²) in [5, 5.41) is 13.9. The lowest BCUT2D eigenvalue weighted by Gasteiger charge is -2.05. The molecule has 11 heteroatoms. The van der Waals surface area contributed by atoms with Gasteiger partial charge in [0.15, 0.2) is 0 Å².